The number of rotatable bonds is 2. The van der Waals surface area contributed by atoms with Gasteiger partial charge in [-0.3, -0.25) is 0 Å². The van der Waals surface area contributed by atoms with E-state index >= 15 is 0 Å². The Balaban J connectivity index is 1.82. The number of likely N-dealkylation sites (tertiary alicyclic amines) is 1. The summed E-state index contributed by atoms with van der Waals surface area (Å²) in [5.41, 5.74) is 1.28. The van der Waals surface area contributed by atoms with Crippen LogP contribution >= 0.6 is 0 Å². The molecule has 100 valence electrons. The molecule has 0 aliphatic carbocycles. The summed E-state index contributed by atoms with van der Waals surface area (Å²) in [6.07, 6.45) is 2.45. The molecule has 19 heavy (non-hydrogen) atoms. The molecule has 1 aliphatic heterocycles. The van der Waals surface area contributed by atoms with Crippen LogP contribution in [0, 0.1) is 0 Å². The van der Waals surface area contributed by atoms with Gasteiger partial charge in [-0.2, -0.15) is 0 Å². The summed E-state index contributed by atoms with van der Waals surface area (Å²) in [6.45, 7) is 3.50. The van der Waals surface area contributed by atoms with Crippen molar-refractivity contribution >= 4 is 16.5 Å². The number of piperidine rings is 1. The molecule has 1 saturated heterocycles. The highest BCUT2D eigenvalue weighted by Gasteiger charge is 2.22. The molecule has 0 bridgehead atoms. The zero-order valence-electron chi connectivity index (χ0n) is 11.8. The standard InChI is InChI=1S/C17H22N2/c1-13-12-15(10-11-19(13)2)18-17-9-5-7-14-6-3-4-8-16(14)17/h3-9,13,15,18H,10-12H2,1-2H3. The maximum absolute atomic E-state index is 3.75. The monoisotopic (exact) mass is 254 g/mol. The van der Waals surface area contributed by atoms with Crippen LogP contribution in [0.5, 0.6) is 0 Å². The van der Waals surface area contributed by atoms with E-state index < -0.39 is 0 Å². The molecule has 3 rings (SSSR count). The Labute approximate surface area is 115 Å². The van der Waals surface area contributed by atoms with Crippen LogP contribution < -0.4 is 5.32 Å². The lowest BCUT2D eigenvalue weighted by atomic mass is 9.98. The van der Waals surface area contributed by atoms with Crippen molar-refractivity contribution in [3.8, 4) is 0 Å². The van der Waals surface area contributed by atoms with Crippen molar-refractivity contribution in [1.29, 1.82) is 0 Å². The summed E-state index contributed by atoms with van der Waals surface area (Å²) < 4.78 is 0. The molecular formula is C17H22N2. The Kier molecular flexibility index (Phi) is 3.43. The molecule has 1 aliphatic rings. The van der Waals surface area contributed by atoms with E-state index in [1.165, 1.54) is 35.8 Å². The van der Waals surface area contributed by atoms with Gasteiger partial charge in [0, 0.05) is 29.7 Å². The van der Waals surface area contributed by atoms with Gasteiger partial charge in [0.15, 0.2) is 0 Å². The molecular weight excluding hydrogens is 232 g/mol. The van der Waals surface area contributed by atoms with Gasteiger partial charge in [0.1, 0.15) is 0 Å². The van der Waals surface area contributed by atoms with Crippen LogP contribution in [0.15, 0.2) is 42.5 Å². The van der Waals surface area contributed by atoms with Crippen molar-refractivity contribution in [3.63, 3.8) is 0 Å². The Hall–Kier alpha value is -1.54. The lowest BCUT2D eigenvalue weighted by Gasteiger charge is -2.36. The van der Waals surface area contributed by atoms with Gasteiger partial charge in [-0.15, -0.1) is 0 Å². The van der Waals surface area contributed by atoms with E-state index in [0.29, 0.717) is 12.1 Å². The Bertz CT molecular complexity index is 559. The minimum absolute atomic E-state index is 0.594. The molecule has 1 heterocycles. The highest BCUT2D eigenvalue weighted by atomic mass is 15.1. The maximum atomic E-state index is 3.75. The summed E-state index contributed by atoms with van der Waals surface area (Å²) in [4.78, 5) is 2.45. The molecule has 1 fully saturated rings. The second-order valence-electron chi connectivity index (χ2n) is 5.72. The number of hydrogen-bond donors (Lipinski definition) is 1. The highest BCUT2D eigenvalue weighted by Crippen LogP contribution is 2.26. The Morgan fingerprint density at radius 3 is 2.74 bits per heavy atom. The first kappa shape index (κ1) is 12.5. The van der Waals surface area contributed by atoms with Gasteiger partial charge in [0.2, 0.25) is 0 Å². The van der Waals surface area contributed by atoms with Crippen LogP contribution in [0.25, 0.3) is 10.8 Å². The summed E-state index contributed by atoms with van der Waals surface area (Å²) in [5.74, 6) is 0. The van der Waals surface area contributed by atoms with Crippen molar-refractivity contribution in [3.05, 3.63) is 42.5 Å². The average molecular weight is 254 g/mol. The molecule has 1 N–H and O–H groups in total. The predicted molar refractivity (Wildman–Crippen MR) is 82.7 cm³/mol. The third-order valence-corrected chi connectivity index (χ3v) is 4.36. The molecule has 0 amide bonds. The molecule has 0 aromatic heterocycles. The summed E-state index contributed by atoms with van der Waals surface area (Å²) in [7, 11) is 2.22. The molecule has 2 aromatic carbocycles. The quantitative estimate of drug-likeness (QED) is 0.878. The minimum atomic E-state index is 0.594. The summed E-state index contributed by atoms with van der Waals surface area (Å²) >= 11 is 0. The van der Waals surface area contributed by atoms with Gasteiger partial charge < -0.3 is 10.2 Å². The van der Waals surface area contributed by atoms with E-state index in [-0.39, 0.29) is 0 Å². The number of fused-ring (bicyclic) bond motifs is 1. The number of anilines is 1. The van der Waals surface area contributed by atoms with Crippen molar-refractivity contribution in [2.75, 3.05) is 18.9 Å². The van der Waals surface area contributed by atoms with Crippen molar-refractivity contribution in [1.82, 2.24) is 4.90 Å². The molecule has 0 radical (unpaired) electrons. The van der Waals surface area contributed by atoms with Crippen LogP contribution in [-0.4, -0.2) is 30.6 Å². The lowest BCUT2D eigenvalue weighted by molar-refractivity contribution is 0.190. The first-order chi connectivity index (χ1) is 9.24. The van der Waals surface area contributed by atoms with Crippen LogP contribution in [0.1, 0.15) is 19.8 Å². The summed E-state index contributed by atoms with van der Waals surface area (Å²) in [6, 6.07) is 16.4. The molecule has 0 spiro atoms. The van der Waals surface area contributed by atoms with Gasteiger partial charge in [-0.05, 0) is 38.3 Å². The first-order valence-electron chi connectivity index (χ1n) is 7.18. The van der Waals surface area contributed by atoms with E-state index in [1.54, 1.807) is 0 Å². The van der Waals surface area contributed by atoms with E-state index in [2.05, 4.69) is 66.7 Å². The summed E-state index contributed by atoms with van der Waals surface area (Å²) in [5, 5.41) is 6.39. The fraction of sp³-hybridized carbons (Fsp3) is 0.412. The van der Waals surface area contributed by atoms with Gasteiger partial charge in [0.25, 0.3) is 0 Å². The van der Waals surface area contributed by atoms with Gasteiger partial charge in [-0.1, -0.05) is 36.4 Å². The van der Waals surface area contributed by atoms with Gasteiger partial charge in [0.05, 0.1) is 0 Å². The largest absolute Gasteiger partial charge is 0.382 e. The average Bonchev–Trinajstić information content (AvgIpc) is 2.43. The number of hydrogen-bond acceptors (Lipinski definition) is 2. The molecule has 2 heteroatoms. The third-order valence-electron chi connectivity index (χ3n) is 4.36. The van der Waals surface area contributed by atoms with Crippen molar-refractivity contribution in [2.24, 2.45) is 0 Å². The molecule has 0 saturated carbocycles. The Morgan fingerprint density at radius 2 is 1.89 bits per heavy atom. The van der Waals surface area contributed by atoms with Crippen LogP contribution in [0.2, 0.25) is 0 Å². The van der Waals surface area contributed by atoms with Crippen LogP contribution in [0.3, 0.4) is 0 Å². The van der Waals surface area contributed by atoms with Gasteiger partial charge >= 0.3 is 0 Å². The molecule has 2 aromatic rings. The fourth-order valence-electron chi connectivity index (χ4n) is 2.99. The fourth-order valence-corrected chi connectivity index (χ4v) is 2.99. The smallest absolute Gasteiger partial charge is 0.0422 e. The number of nitrogens with zero attached hydrogens (tertiary/aromatic N) is 1. The second kappa shape index (κ2) is 5.22. The van der Waals surface area contributed by atoms with E-state index in [9.17, 15) is 0 Å². The second-order valence-corrected chi connectivity index (χ2v) is 5.72. The SMILES string of the molecule is CC1CC(Nc2cccc3ccccc23)CCN1C. The Morgan fingerprint density at radius 1 is 1.11 bits per heavy atom. The maximum Gasteiger partial charge on any atom is 0.0422 e. The number of benzene rings is 2. The van der Waals surface area contributed by atoms with Crippen LogP contribution in [-0.2, 0) is 0 Å². The zero-order valence-corrected chi connectivity index (χ0v) is 11.8. The topological polar surface area (TPSA) is 15.3 Å². The van der Waals surface area contributed by atoms with Crippen molar-refractivity contribution < 1.29 is 0 Å². The molecule has 2 unspecified atom stereocenters. The van der Waals surface area contributed by atoms with Crippen LogP contribution in [0.4, 0.5) is 5.69 Å². The minimum Gasteiger partial charge on any atom is -0.382 e. The molecule has 2 atom stereocenters. The first-order valence-corrected chi connectivity index (χ1v) is 7.18. The molecule has 2 nitrogen and oxygen atoms in total. The third kappa shape index (κ3) is 2.59. The zero-order chi connectivity index (χ0) is 13.2. The van der Waals surface area contributed by atoms with E-state index in [4.69, 9.17) is 0 Å². The predicted octanol–water partition coefficient (Wildman–Crippen LogP) is 3.73. The highest BCUT2D eigenvalue weighted by molar-refractivity contribution is 5.93. The van der Waals surface area contributed by atoms with Crippen molar-refractivity contribution in [2.45, 2.75) is 31.8 Å². The van der Waals surface area contributed by atoms with E-state index in [1.807, 2.05) is 0 Å². The lowest BCUT2D eigenvalue weighted by Crippen LogP contribution is -2.42. The normalized spacial score (nSPS) is 24.5. The van der Waals surface area contributed by atoms with E-state index in [0.717, 1.165) is 0 Å². The van der Waals surface area contributed by atoms with Gasteiger partial charge in [-0.25, -0.2) is 0 Å². The number of nitrogens with one attached hydrogen (secondary N) is 1.